The van der Waals surface area contributed by atoms with Gasteiger partial charge in [0.15, 0.2) is 0 Å². The number of anilines is 1. The summed E-state index contributed by atoms with van der Waals surface area (Å²) in [4.78, 5) is 7.52. The lowest BCUT2D eigenvalue weighted by atomic mass is 9.88. The third-order valence-electron chi connectivity index (χ3n) is 3.84. The third kappa shape index (κ3) is 3.30. The third-order valence-corrected chi connectivity index (χ3v) is 3.84. The molecule has 0 bridgehead atoms. The number of nitrogens with one attached hydrogen (secondary N) is 1. The minimum Gasteiger partial charge on any atom is -0.367 e. The van der Waals surface area contributed by atoms with Crippen LogP contribution in [0.4, 0.5) is 19.0 Å². The number of alkyl halides is 3. The van der Waals surface area contributed by atoms with Gasteiger partial charge in [0.25, 0.3) is 11.6 Å². The highest BCUT2D eigenvalue weighted by atomic mass is 19.4. The van der Waals surface area contributed by atoms with Gasteiger partial charge in [-0.15, -0.1) is 5.10 Å². The molecule has 2 aromatic heterocycles. The summed E-state index contributed by atoms with van der Waals surface area (Å²) in [6.45, 7) is 5.92. The fraction of sp³-hybridized carbons (Fsp3) is 0.533. The zero-order valence-corrected chi connectivity index (χ0v) is 13.1. The second kappa shape index (κ2) is 5.50. The summed E-state index contributed by atoms with van der Waals surface area (Å²) in [5.41, 5.74) is 1.87. The molecule has 1 aliphatic carbocycles. The molecule has 23 heavy (non-hydrogen) atoms. The predicted molar refractivity (Wildman–Crippen MR) is 80.1 cm³/mol. The number of rotatable bonds is 2. The minimum atomic E-state index is -4.59. The van der Waals surface area contributed by atoms with Crippen molar-refractivity contribution in [3.8, 4) is 0 Å². The molecule has 0 radical (unpaired) electrons. The van der Waals surface area contributed by atoms with Crippen molar-refractivity contribution in [3.05, 3.63) is 29.2 Å². The van der Waals surface area contributed by atoms with Gasteiger partial charge >= 0.3 is 6.18 Å². The van der Waals surface area contributed by atoms with Gasteiger partial charge < -0.3 is 5.32 Å². The van der Waals surface area contributed by atoms with Gasteiger partial charge in [-0.1, -0.05) is 18.6 Å². The van der Waals surface area contributed by atoms with E-state index < -0.39 is 12.0 Å². The number of hydrogen-bond acceptors (Lipinski definition) is 4. The van der Waals surface area contributed by atoms with Crippen molar-refractivity contribution >= 4 is 11.6 Å². The van der Waals surface area contributed by atoms with E-state index in [0.717, 1.165) is 17.4 Å². The number of allylic oxidation sites excluding steroid dienone is 1. The van der Waals surface area contributed by atoms with Crippen molar-refractivity contribution in [3.63, 3.8) is 0 Å². The Hall–Kier alpha value is -2.12. The van der Waals surface area contributed by atoms with Gasteiger partial charge in [-0.25, -0.2) is 4.98 Å². The van der Waals surface area contributed by atoms with E-state index in [1.54, 1.807) is 13.0 Å². The standard InChI is InChI=1S/C15H18F3N5/c1-8-4-9(2)6-11(5-8)20-12-7-10(3)19-14-21-13(15(16,17)18)22-23(12)14/h4,7-8,11,20H,5-6H2,1-3H3. The molecule has 0 fully saturated rings. The van der Waals surface area contributed by atoms with Crippen LogP contribution in [-0.2, 0) is 6.18 Å². The van der Waals surface area contributed by atoms with E-state index >= 15 is 0 Å². The van der Waals surface area contributed by atoms with Gasteiger partial charge in [-0.2, -0.15) is 22.7 Å². The number of aryl methyl sites for hydroxylation is 1. The van der Waals surface area contributed by atoms with Crippen LogP contribution in [0.1, 0.15) is 38.2 Å². The lowest BCUT2D eigenvalue weighted by Crippen LogP contribution is -2.26. The summed E-state index contributed by atoms with van der Waals surface area (Å²) >= 11 is 0. The minimum absolute atomic E-state index is 0.0454. The largest absolute Gasteiger partial charge is 0.453 e. The van der Waals surface area contributed by atoms with Crippen molar-refractivity contribution in [2.24, 2.45) is 5.92 Å². The van der Waals surface area contributed by atoms with Crippen molar-refractivity contribution < 1.29 is 13.2 Å². The van der Waals surface area contributed by atoms with Crippen molar-refractivity contribution in [1.29, 1.82) is 0 Å². The average molecular weight is 325 g/mol. The summed E-state index contributed by atoms with van der Waals surface area (Å²) < 4.78 is 39.6. The van der Waals surface area contributed by atoms with E-state index in [9.17, 15) is 13.2 Å². The summed E-state index contributed by atoms with van der Waals surface area (Å²) in [6, 6.07) is 1.85. The van der Waals surface area contributed by atoms with Gasteiger partial charge in [0.05, 0.1) is 0 Å². The Kier molecular flexibility index (Phi) is 3.77. The fourth-order valence-electron chi connectivity index (χ4n) is 3.07. The number of hydrogen-bond donors (Lipinski definition) is 1. The summed E-state index contributed by atoms with van der Waals surface area (Å²) in [6.07, 6.45) is -0.588. The number of fused-ring (bicyclic) bond motifs is 1. The predicted octanol–water partition coefficient (Wildman–Crippen LogP) is 3.61. The molecule has 8 heteroatoms. The highest BCUT2D eigenvalue weighted by molar-refractivity contribution is 5.46. The van der Waals surface area contributed by atoms with E-state index in [4.69, 9.17) is 0 Å². The first-order chi connectivity index (χ1) is 10.7. The molecule has 2 unspecified atom stereocenters. The first-order valence-electron chi connectivity index (χ1n) is 7.48. The molecule has 3 rings (SSSR count). The summed E-state index contributed by atoms with van der Waals surface area (Å²) in [5, 5.41) is 6.87. The zero-order chi connectivity index (χ0) is 16.8. The van der Waals surface area contributed by atoms with Crippen molar-refractivity contribution in [1.82, 2.24) is 19.6 Å². The second-order valence-corrected chi connectivity index (χ2v) is 6.20. The summed E-state index contributed by atoms with van der Waals surface area (Å²) in [7, 11) is 0. The van der Waals surface area contributed by atoms with Crippen LogP contribution in [0.2, 0.25) is 0 Å². The molecule has 0 aromatic carbocycles. The maximum absolute atomic E-state index is 12.8. The topological polar surface area (TPSA) is 55.1 Å². The molecule has 2 atom stereocenters. The Morgan fingerprint density at radius 2 is 2.00 bits per heavy atom. The van der Waals surface area contributed by atoms with Gasteiger partial charge in [-0.05, 0) is 32.6 Å². The maximum atomic E-state index is 12.8. The van der Waals surface area contributed by atoms with E-state index in [-0.39, 0.29) is 11.8 Å². The molecule has 5 nitrogen and oxygen atoms in total. The molecule has 2 heterocycles. The van der Waals surface area contributed by atoms with E-state index in [1.807, 2.05) is 0 Å². The first-order valence-corrected chi connectivity index (χ1v) is 7.48. The number of aromatic nitrogens is 4. The Labute approximate surface area is 131 Å². The molecule has 2 aromatic rings. The fourth-order valence-corrected chi connectivity index (χ4v) is 3.07. The van der Waals surface area contributed by atoms with Crippen LogP contribution in [0.3, 0.4) is 0 Å². The highest BCUT2D eigenvalue weighted by Gasteiger charge is 2.37. The smallest absolute Gasteiger partial charge is 0.367 e. The summed E-state index contributed by atoms with van der Waals surface area (Å²) in [5.74, 6) is -0.300. The van der Waals surface area contributed by atoms with E-state index in [1.165, 1.54) is 5.57 Å². The van der Waals surface area contributed by atoms with E-state index in [2.05, 4.69) is 40.3 Å². The van der Waals surface area contributed by atoms with Crippen molar-refractivity contribution in [2.45, 2.75) is 45.8 Å². The number of halogens is 3. The van der Waals surface area contributed by atoms with Gasteiger partial charge in [-0.3, -0.25) is 0 Å². The molecule has 0 aliphatic heterocycles. The highest BCUT2D eigenvalue weighted by Crippen LogP contribution is 2.28. The molecule has 0 spiro atoms. The SMILES string of the molecule is CC1=CC(C)CC(Nc2cc(C)nc3nc(C(F)(F)F)nn23)C1. The second-order valence-electron chi connectivity index (χ2n) is 6.20. The van der Waals surface area contributed by atoms with Gasteiger partial charge in [0, 0.05) is 17.8 Å². The molecule has 0 saturated carbocycles. The lowest BCUT2D eigenvalue weighted by Gasteiger charge is -2.27. The average Bonchev–Trinajstić information content (AvgIpc) is 2.81. The Morgan fingerprint density at radius 3 is 2.65 bits per heavy atom. The van der Waals surface area contributed by atoms with Crippen LogP contribution >= 0.6 is 0 Å². The van der Waals surface area contributed by atoms with Crippen LogP contribution in [0.15, 0.2) is 17.7 Å². The van der Waals surface area contributed by atoms with Crippen LogP contribution in [-0.4, -0.2) is 25.6 Å². The van der Waals surface area contributed by atoms with Crippen molar-refractivity contribution in [2.75, 3.05) is 5.32 Å². The molecule has 1 N–H and O–H groups in total. The molecule has 0 saturated heterocycles. The van der Waals surface area contributed by atoms with E-state index in [0.29, 0.717) is 17.4 Å². The Balaban J connectivity index is 1.97. The Bertz CT molecular complexity index is 762. The molecular formula is C15H18F3N5. The first kappa shape index (κ1) is 15.8. The van der Waals surface area contributed by atoms with Gasteiger partial charge in [0.1, 0.15) is 5.82 Å². The van der Waals surface area contributed by atoms with Crippen LogP contribution < -0.4 is 5.32 Å². The van der Waals surface area contributed by atoms with Crippen LogP contribution in [0.5, 0.6) is 0 Å². The lowest BCUT2D eigenvalue weighted by molar-refractivity contribution is -0.144. The quantitative estimate of drug-likeness (QED) is 0.857. The normalized spacial score (nSPS) is 22.3. The van der Waals surface area contributed by atoms with Gasteiger partial charge in [0.2, 0.25) is 0 Å². The molecular weight excluding hydrogens is 307 g/mol. The molecule has 1 aliphatic rings. The maximum Gasteiger partial charge on any atom is 0.453 e. The zero-order valence-electron chi connectivity index (χ0n) is 13.1. The number of nitrogens with zero attached hydrogens (tertiary/aromatic N) is 4. The molecule has 0 amide bonds. The van der Waals surface area contributed by atoms with Crippen LogP contribution in [0.25, 0.3) is 5.78 Å². The molecule has 124 valence electrons. The monoisotopic (exact) mass is 325 g/mol. The van der Waals surface area contributed by atoms with Crippen LogP contribution in [0, 0.1) is 12.8 Å². The Morgan fingerprint density at radius 1 is 1.26 bits per heavy atom.